The van der Waals surface area contributed by atoms with Crippen LogP contribution in [0.25, 0.3) is 0 Å². The van der Waals surface area contributed by atoms with Gasteiger partial charge in [-0.15, -0.1) is 0 Å². The molecule has 0 saturated carbocycles. The van der Waals surface area contributed by atoms with Crippen LogP contribution in [0, 0.1) is 0 Å². The smallest absolute Gasteiger partial charge is 0.192 e. The topological polar surface area (TPSA) is 43.4 Å². The molecule has 2 rings (SSSR count). The standard InChI is InChI=1S/C21H32N2O2Si/c1-5-26(6-2,7-3)25-21(19-9-8-14-22-16-19)17-23-15-18-10-12-20(24-4)13-11-18/h8-14,16,21,23H,5-7,15,17H2,1-4H3. The quantitative estimate of drug-likeness (QED) is 0.567. The van der Waals surface area contributed by atoms with Gasteiger partial charge in [0.25, 0.3) is 0 Å². The van der Waals surface area contributed by atoms with E-state index in [4.69, 9.17) is 9.16 Å². The van der Waals surface area contributed by atoms with Gasteiger partial charge in [0.1, 0.15) is 5.75 Å². The molecule has 0 saturated heterocycles. The van der Waals surface area contributed by atoms with Crippen LogP contribution in [0.4, 0.5) is 0 Å². The van der Waals surface area contributed by atoms with Crippen LogP contribution in [0.3, 0.4) is 0 Å². The maximum atomic E-state index is 6.76. The van der Waals surface area contributed by atoms with Crippen molar-refractivity contribution in [3.8, 4) is 5.75 Å². The summed E-state index contributed by atoms with van der Waals surface area (Å²) in [5.41, 5.74) is 2.39. The van der Waals surface area contributed by atoms with Gasteiger partial charge in [0.2, 0.25) is 0 Å². The zero-order chi connectivity index (χ0) is 18.8. The number of aromatic nitrogens is 1. The highest BCUT2D eigenvalue weighted by atomic mass is 28.4. The molecule has 1 heterocycles. The molecule has 1 aromatic heterocycles. The predicted molar refractivity (Wildman–Crippen MR) is 110 cm³/mol. The first kappa shape index (κ1) is 20.6. The zero-order valence-electron chi connectivity index (χ0n) is 16.5. The molecule has 142 valence electrons. The van der Waals surface area contributed by atoms with Crippen LogP contribution in [0.15, 0.2) is 48.8 Å². The Hall–Kier alpha value is -1.69. The Balaban J connectivity index is 2.04. The minimum atomic E-state index is -1.69. The van der Waals surface area contributed by atoms with Crippen LogP contribution < -0.4 is 10.1 Å². The molecule has 1 N–H and O–H groups in total. The largest absolute Gasteiger partial charge is 0.497 e. The molecular formula is C21H32N2O2Si. The summed E-state index contributed by atoms with van der Waals surface area (Å²) in [6.07, 6.45) is 3.79. The number of rotatable bonds is 11. The lowest BCUT2D eigenvalue weighted by atomic mass is 10.1. The average Bonchev–Trinajstić information content (AvgIpc) is 2.72. The molecule has 0 amide bonds. The Morgan fingerprint density at radius 3 is 2.27 bits per heavy atom. The van der Waals surface area contributed by atoms with Crippen molar-refractivity contribution in [2.24, 2.45) is 0 Å². The van der Waals surface area contributed by atoms with Crippen molar-refractivity contribution in [3.05, 3.63) is 59.9 Å². The van der Waals surface area contributed by atoms with E-state index in [1.165, 1.54) is 5.56 Å². The molecule has 1 atom stereocenters. The Bertz CT molecular complexity index is 622. The van der Waals surface area contributed by atoms with E-state index in [9.17, 15) is 0 Å². The Kier molecular flexibility index (Phi) is 8.29. The van der Waals surface area contributed by atoms with Gasteiger partial charge in [-0.3, -0.25) is 4.98 Å². The van der Waals surface area contributed by atoms with Crippen molar-refractivity contribution in [3.63, 3.8) is 0 Å². The van der Waals surface area contributed by atoms with E-state index in [-0.39, 0.29) is 6.10 Å². The lowest BCUT2D eigenvalue weighted by Gasteiger charge is -2.33. The van der Waals surface area contributed by atoms with E-state index in [2.05, 4.69) is 49.3 Å². The van der Waals surface area contributed by atoms with Gasteiger partial charge in [0, 0.05) is 25.5 Å². The molecule has 0 bridgehead atoms. The SMILES string of the molecule is CC[Si](CC)(CC)OC(CNCc1ccc(OC)cc1)c1cccnc1. The fourth-order valence-corrected chi connectivity index (χ4v) is 6.01. The average molecular weight is 373 g/mol. The molecule has 0 radical (unpaired) electrons. The summed E-state index contributed by atoms with van der Waals surface area (Å²) in [5, 5.41) is 3.56. The molecule has 0 aliphatic carbocycles. The number of nitrogens with one attached hydrogen (secondary N) is 1. The van der Waals surface area contributed by atoms with E-state index in [0.29, 0.717) is 0 Å². The number of ether oxygens (including phenoxy) is 1. The van der Waals surface area contributed by atoms with Crippen LogP contribution in [-0.2, 0) is 11.0 Å². The maximum Gasteiger partial charge on any atom is 0.192 e. The normalized spacial score (nSPS) is 12.8. The first-order valence-corrected chi connectivity index (χ1v) is 12.1. The number of methoxy groups -OCH3 is 1. The van der Waals surface area contributed by atoms with Gasteiger partial charge in [-0.25, -0.2) is 0 Å². The van der Waals surface area contributed by atoms with Gasteiger partial charge in [-0.05, 0) is 47.5 Å². The minimum Gasteiger partial charge on any atom is -0.497 e. The summed E-state index contributed by atoms with van der Waals surface area (Å²) in [7, 11) is -0.000331. The van der Waals surface area contributed by atoms with Crippen molar-refractivity contribution in [1.29, 1.82) is 0 Å². The van der Waals surface area contributed by atoms with E-state index in [0.717, 1.165) is 42.5 Å². The summed E-state index contributed by atoms with van der Waals surface area (Å²) in [6.45, 7) is 8.40. The third-order valence-corrected chi connectivity index (χ3v) is 9.85. The number of hydrogen-bond acceptors (Lipinski definition) is 4. The third-order valence-electron chi connectivity index (χ3n) is 5.20. The Labute approximate surface area is 159 Å². The molecule has 4 nitrogen and oxygen atoms in total. The molecule has 2 aromatic rings. The van der Waals surface area contributed by atoms with Gasteiger partial charge in [0.15, 0.2) is 8.32 Å². The van der Waals surface area contributed by atoms with Crippen molar-refractivity contribution in [2.45, 2.75) is 51.6 Å². The first-order valence-electron chi connectivity index (χ1n) is 9.57. The Morgan fingerprint density at radius 1 is 1.04 bits per heavy atom. The highest BCUT2D eigenvalue weighted by Crippen LogP contribution is 2.29. The number of pyridine rings is 1. The zero-order valence-corrected chi connectivity index (χ0v) is 17.5. The maximum absolute atomic E-state index is 6.76. The van der Waals surface area contributed by atoms with E-state index in [1.54, 1.807) is 7.11 Å². The molecule has 0 aliphatic rings. The van der Waals surface area contributed by atoms with Crippen LogP contribution in [-0.4, -0.2) is 27.0 Å². The number of benzene rings is 1. The second-order valence-corrected chi connectivity index (χ2v) is 11.3. The summed E-state index contributed by atoms with van der Waals surface area (Å²) < 4.78 is 12.0. The van der Waals surface area contributed by atoms with Gasteiger partial charge >= 0.3 is 0 Å². The van der Waals surface area contributed by atoms with Crippen molar-refractivity contribution in [2.75, 3.05) is 13.7 Å². The summed E-state index contributed by atoms with van der Waals surface area (Å²) in [5.74, 6) is 0.884. The fraction of sp³-hybridized carbons (Fsp3) is 0.476. The van der Waals surface area contributed by atoms with Crippen molar-refractivity contribution >= 4 is 8.32 Å². The van der Waals surface area contributed by atoms with Crippen molar-refractivity contribution < 1.29 is 9.16 Å². The molecular weight excluding hydrogens is 340 g/mol. The summed E-state index contributed by atoms with van der Waals surface area (Å²) in [4.78, 5) is 4.29. The van der Waals surface area contributed by atoms with Gasteiger partial charge in [-0.1, -0.05) is 39.0 Å². The molecule has 1 aromatic carbocycles. The Morgan fingerprint density at radius 2 is 1.73 bits per heavy atom. The number of hydrogen-bond donors (Lipinski definition) is 1. The van der Waals surface area contributed by atoms with E-state index >= 15 is 0 Å². The molecule has 0 fully saturated rings. The van der Waals surface area contributed by atoms with Gasteiger partial charge in [-0.2, -0.15) is 0 Å². The minimum absolute atomic E-state index is 0.0495. The highest BCUT2D eigenvalue weighted by molar-refractivity contribution is 6.73. The second-order valence-electron chi connectivity index (χ2n) is 6.62. The third kappa shape index (κ3) is 5.66. The van der Waals surface area contributed by atoms with E-state index < -0.39 is 8.32 Å². The summed E-state index contributed by atoms with van der Waals surface area (Å²) in [6, 6.07) is 15.7. The lowest BCUT2D eigenvalue weighted by Crippen LogP contribution is -2.39. The molecule has 5 heteroatoms. The highest BCUT2D eigenvalue weighted by Gasteiger charge is 2.32. The van der Waals surface area contributed by atoms with Gasteiger partial charge < -0.3 is 14.5 Å². The van der Waals surface area contributed by atoms with Gasteiger partial charge in [0.05, 0.1) is 13.2 Å². The van der Waals surface area contributed by atoms with Crippen LogP contribution in [0.5, 0.6) is 5.75 Å². The summed E-state index contributed by atoms with van der Waals surface area (Å²) >= 11 is 0. The monoisotopic (exact) mass is 372 g/mol. The molecule has 26 heavy (non-hydrogen) atoms. The second kappa shape index (κ2) is 10.5. The fourth-order valence-electron chi connectivity index (χ4n) is 3.19. The van der Waals surface area contributed by atoms with Crippen LogP contribution in [0.1, 0.15) is 38.0 Å². The lowest BCUT2D eigenvalue weighted by molar-refractivity contribution is 0.185. The molecule has 1 unspecified atom stereocenters. The van der Waals surface area contributed by atoms with Crippen LogP contribution >= 0.6 is 0 Å². The van der Waals surface area contributed by atoms with Crippen molar-refractivity contribution in [1.82, 2.24) is 10.3 Å². The predicted octanol–water partition coefficient (Wildman–Crippen LogP) is 4.94. The van der Waals surface area contributed by atoms with E-state index in [1.807, 2.05) is 30.6 Å². The molecule has 0 aliphatic heterocycles. The van der Waals surface area contributed by atoms with Crippen LogP contribution in [0.2, 0.25) is 18.1 Å². The first-order chi connectivity index (χ1) is 12.7. The number of nitrogens with zero attached hydrogens (tertiary/aromatic N) is 1. The molecule has 0 spiro atoms.